The van der Waals surface area contributed by atoms with Crippen molar-refractivity contribution < 1.29 is 27.1 Å². The number of hydrogen-bond acceptors (Lipinski definition) is 6. The molecule has 0 N–H and O–H groups in total. The van der Waals surface area contributed by atoms with Crippen molar-refractivity contribution in [1.82, 2.24) is 9.80 Å². The van der Waals surface area contributed by atoms with E-state index in [9.17, 15) is 17.6 Å². The van der Waals surface area contributed by atoms with Crippen LogP contribution in [0.15, 0.2) is 24.3 Å². The number of piperazine rings is 1. The van der Waals surface area contributed by atoms with Gasteiger partial charge in [-0.2, -0.15) is 0 Å². The number of fused-ring (bicyclic) bond motifs is 1. The van der Waals surface area contributed by atoms with Crippen LogP contribution in [0.2, 0.25) is 0 Å². The van der Waals surface area contributed by atoms with Crippen molar-refractivity contribution in [3.05, 3.63) is 30.1 Å². The predicted octanol–water partition coefficient (Wildman–Crippen LogP) is 0.551. The summed E-state index contributed by atoms with van der Waals surface area (Å²) in [5.41, 5.74) is 0. The van der Waals surface area contributed by atoms with Crippen molar-refractivity contribution in [2.45, 2.75) is 18.5 Å². The Kier molecular flexibility index (Phi) is 6.33. The summed E-state index contributed by atoms with van der Waals surface area (Å²) < 4.78 is 47.7. The number of nitrogens with zero attached hydrogens (tertiary/aromatic N) is 2. The molecule has 0 spiro atoms. The lowest BCUT2D eigenvalue weighted by molar-refractivity contribution is -0.141. The molecule has 9 heteroatoms. The maximum absolute atomic E-state index is 12.9. The molecule has 2 fully saturated rings. The summed E-state index contributed by atoms with van der Waals surface area (Å²) in [4.78, 5) is 16.0. The second kappa shape index (κ2) is 8.53. The Morgan fingerprint density at radius 1 is 1.19 bits per heavy atom. The first kappa shape index (κ1) is 20.0. The van der Waals surface area contributed by atoms with Crippen LogP contribution >= 0.6 is 0 Å². The van der Waals surface area contributed by atoms with E-state index in [1.807, 2.05) is 0 Å². The lowest BCUT2D eigenvalue weighted by Gasteiger charge is -2.43. The molecule has 0 unspecified atom stereocenters. The maximum atomic E-state index is 12.9. The van der Waals surface area contributed by atoms with Gasteiger partial charge in [0.25, 0.3) is 0 Å². The van der Waals surface area contributed by atoms with Crippen LogP contribution in [0.3, 0.4) is 0 Å². The highest BCUT2D eigenvalue weighted by atomic mass is 32.2. The van der Waals surface area contributed by atoms with Gasteiger partial charge in [-0.05, 0) is 30.7 Å². The van der Waals surface area contributed by atoms with E-state index < -0.39 is 9.84 Å². The van der Waals surface area contributed by atoms with Crippen LogP contribution in [-0.2, 0) is 19.4 Å². The highest BCUT2D eigenvalue weighted by Crippen LogP contribution is 2.27. The van der Waals surface area contributed by atoms with Crippen molar-refractivity contribution in [2.75, 3.05) is 51.5 Å². The van der Waals surface area contributed by atoms with Gasteiger partial charge < -0.3 is 14.4 Å². The summed E-state index contributed by atoms with van der Waals surface area (Å²) in [6.45, 7) is 2.23. The average molecular weight is 400 g/mol. The molecule has 27 heavy (non-hydrogen) atoms. The van der Waals surface area contributed by atoms with Crippen molar-refractivity contribution in [3.8, 4) is 5.75 Å². The molecule has 2 aliphatic heterocycles. The Balaban J connectivity index is 1.55. The Bertz CT molecular complexity index is 756. The minimum Gasteiger partial charge on any atom is -0.494 e. The summed E-state index contributed by atoms with van der Waals surface area (Å²) in [7, 11) is -1.71. The largest absolute Gasteiger partial charge is 0.494 e. The second-order valence-electron chi connectivity index (χ2n) is 6.92. The van der Waals surface area contributed by atoms with Crippen molar-refractivity contribution >= 4 is 15.7 Å². The van der Waals surface area contributed by atoms with Gasteiger partial charge in [0.2, 0.25) is 5.91 Å². The number of rotatable bonds is 7. The number of methoxy groups -OCH3 is 1. The summed E-state index contributed by atoms with van der Waals surface area (Å²) >= 11 is 0. The van der Waals surface area contributed by atoms with Crippen LogP contribution in [0, 0.1) is 5.82 Å². The van der Waals surface area contributed by atoms with E-state index in [2.05, 4.69) is 4.90 Å². The predicted molar refractivity (Wildman–Crippen MR) is 97.9 cm³/mol. The molecule has 0 aromatic heterocycles. The number of carbonyl (C=O) groups excluding carboxylic acids is 1. The Labute approximate surface area is 158 Å². The number of amides is 1. The lowest BCUT2D eigenvalue weighted by Crippen LogP contribution is -2.61. The fraction of sp³-hybridized carbons (Fsp3) is 0.611. The van der Waals surface area contributed by atoms with Crippen LogP contribution in [0.25, 0.3) is 0 Å². The summed E-state index contributed by atoms with van der Waals surface area (Å²) in [6.07, 6.45) is 0.715. The lowest BCUT2D eigenvalue weighted by atomic mass is 10.0. The molecule has 0 bridgehead atoms. The number of hydrogen-bond donors (Lipinski definition) is 0. The van der Waals surface area contributed by atoms with E-state index in [-0.39, 0.29) is 41.9 Å². The van der Waals surface area contributed by atoms with E-state index >= 15 is 0 Å². The summed E-state index contributed by atoms with van der Waals surface area (Å²) in [5.74, 6) is 0.219. The van der Waals surface area contributed by atoms with Crippen LogP contribution in [-0.4, -0.2) is 87.7 Å². The van der Waals surface area contributed by atoms with Crippen LogP contribution in [0.5, 0.6) is 5.75 Å². The molecule has 2 aliphatic rings. The third kappa shape index (κ3) is 4.97. The van der Waals surface area contributed by atoms with Crippen LogP contribution in [0.1, 0.15) is 6.42 Å². The van der Waals surface area contributed by atoms with Gasteiger partial charge in [0.05, 0.1) is 24.2 Å². The Morgan fingerprint density at radius 2 is 1.89 bits per heavy atom. The molecule has 7 nitrogen and oxygen atoms in total. The first-order valence-electron chi connectivity index (χ1n) is 9.01. The molecule has 0 aliphatic carbocycles. The average Bonchev–Trinajstić information content (AvgIpc) is 2.95. The molecule has 1 amide bonds. The van der Waals surface area contributed by atoms with Gasteiger partial charge in [-0.3, -0.25) is 9.69 Å². The van der Waals surface area contributed by atoms with Gasteiger partial charge in [-0.1, -0.05) is 0 Å². The smallest absolute Gasteiger partial charge is 0.248 e. The molecule has 0 radical (unpaired) electrons. The first-order chi connectivity index (χ1) is 12.9. The number of halogens is 1. The molecule has 1 aromatic carbocycles. The van der Waals surface area contributed by atoms with E-state index in [1.165, 1.54) is 19.2 Å². The molecular weight excluding hydrogens is 375 g/mol. The SMILES string of the molecule is COCC(=O)N1CCN(CCCOc2ccc(F)cc2)[C@@H]2CS(=O)(=O)C[C@@H]21. The van der Waals surface area contributed by atoms with Crippen LogP contribution < -0.4 is 4.74 Å². The van der Waals surface area contributed by atoms with Gasteiger partial charge in [-0.25, -0.2) is 12.8 Å². The minimum atomic E-state index is -3.16. The van der Waals surface area contributed by atoms with Gasteiger partial charge >= 0.3 is 0 Å². The third-order valence-corrected chi connectivity index (χ3v) is 6.75. The number of carbonyl (C=O) groups is 1. The standard InChI is InChI=1S/C18H25FN2O5S/c1-25-11-18(22)21-9-8-20(16-12-27(23,24)13-17(16)21)7-2-10-26-15-5-3-14(19)4-6-15/h3-6,16-17H,2,7-13H2,1H3/t16-,17+/m1/s1. The molecule has 150 valence electrons. The molecule has 1 aromatic rings. The first-order valence-corrected chi connectivity index (χ1v) is 10.8. The fourth-order valence-electron chi connectivity index (χ4n) is 3.81. The topological polar surface area (TPSA) is 76.2 Å². The Morgan fingerprint density at radius 3 is 2.59 bits per heavy atom. The minimum absolute atomic E-state index is 0.00962. The fourth-order valence-corrected chi connectivity index (χ4v) is 5.82. The molecular formula is C18H25FN2O5S. The van der Waals surface area contributed by atoms with Crippen LogP contribution in [0.4, 0.5) is 4.39 Å². The zero-order valence-electron chi connectivity index (χ0n) is 15.3. The van der Waals surface area contributed by atoms with Gasteiger partial charge in [0.15, 0.2) is 9.84 Å². The van der Waals surface area contributed by atoms with E-state index in [0.717, 1.165) is 0 Å². The van der Waals surface area contributed by atoms with Crippen molar-refractivity contribution in [3.63, 3.8) is 0 Å². The number of ether oxygens (including phenoxy) is 2. The Hall–Kier alpha value is -1.71. The van der Waals surface area contributed by atoms with Crippen molar-refractivity contribution in [2.24, 2.45) is 0 Å². The van der Waals surface area contributed by atoms with Gasteiger partial charge in [0.1, 0.15) is 18.2 Å². The van der Waals surface area contributed by atoms with Gasteiger partial charge in [0, 0.05) is 32.8 Å². The zero-order valence-corrected chi connectivity index (χ0v) is 16.2. The third-order valence-electron chi connectivity index (χ3n) is 5.05. The number of benzene rings is 1. The monoisotopic (exact) mass is 400 g/mol. The molecule has 3 rings (SSSR count). The highest BCUT2D eigenvalue weighted by Gasteiger charge is 2.47. The molecule has 2 heterocycles. The normalized spacial score (nSPS) is 24.6. The quantitative estimate of drug-likeness (QED) is 0.623. The zero-order chi connectivity index (χ0) is 19.4. The van der Waals surface area contributed by atoms with Crippen molar-refractivity contribution in [1.29, 1.82) is 0 Å². The van der Waals surface area contributed by atoms with E-state index in [0.29, 0.717) is 38.4 Å². The second-order valence-corrected chi connectivity index (χ2v) is 9.08. The molecule has 0 saturated carbocycles. The van der Waals surface area contributed by atoms with E-state index in [4.69, 9.17) is 9.47 Å². The maximum Gasteiger partial charge on any atom is 0.248 e. The number of sulfone groups is 1. The van der Waals surface area contributed by atoms with E-state index in [1.54, 1.807) is 17.0 Å². The summed E-state index contributed by atoms with van der Waals surface area (Å²) in [6, 6.07) is 5.35. The highest BCUT2D eigenvalue weighted by molar-refractivity contribution is 7.91. The van der Waals surface area contributed by atoms with Gasteiger partial charge in [-0.15, -0.1) is 0 Å². The molecule has 2 saturated heterocycles. The molecule has 2 atom stereocenters. The summed E-state index contributed by atoms with van der Waals surface area (Å²) in [5, 5.41) is 0.